The van der Waals surface area contributed by atoms with E-state index in [1.165, 1.54) is 12.1 Å². The summed E-state index contributed by atoms with van der Waals surface area (Å²) in [6.07, 6.45) is 0. The van der Waals surface area contributed by atoms with Gasteiger partial charge in [0.1, 0.15) is 6.54 Å². The van der Waals surface area contributed by atoms with Gasteiger partial charge in [-0.1, -0.05) is 66.7 Å². The fourth-order valence-corrected chi connectivity index (χ4v) is 4.31. The van der Waals surface area contributed by atoms with E-state index >= 15 is 0 Å². The number of benzene rings is 3. The molecule has 28 heavy (non-hydrogen) atoms. The molecule has 0 bridgehead atoms. The zero-order chi connectivity index (χ0) is 20.0. The molecule has 1 amide bonds. The van der Waals surface area contributed by atoms with Gasteiger partial charge in [0.05, 0.1) is 16.6 Å². The van der Waals surface area contributed by atoms with Crippen molar-refractivity contribution in [3.05, 3.63) is 96.6 Å². The Hall–Kier alpha value is -3.12. The summed E-state index contributed by atoms with van der Waals surface area (Å²) in [4.78, 5) is 12.8. The largest absolute Gasteiger partial charge is 0.348 e. The van der Waals surface area contributed by atoms with E-state index in [0.29, 0.717) is 5.69 Å². The molecule has 0 saturated heterocycles. The Labute approximate surface area is 165 Å². The minimum atomic E-state index is -3.88. The zero-order valence-electron chi connectivity index (χ0n) is 15.5. The van der Waals surface area contributed by atoms with Crippen LogP contribution < -0.4 is 9.62 Å². The topological polar surface area (TPSA) is 66.5 Å². The number of rotatable bonds is 7. The van der Waals surface area contributed by atoms with Gasteiger partial charge >= 0.3 is 0 Å². The Morgan fingerprint density at radius 3 is 1.93 bits per heavy atom. The Morgan fingerprint density at radius 1 is 0.857 bits per heavy atom. The van der Waals surface area contributed by atoms with Gasteiger partial charge in [-0.15, -0.1) is 0 Å². The first kappa shape index (κ1) is 19.6. The monoisotopic (exact) mass is 394 g/mol. The summed E-state index contributed by atoms with van der Waals surface area (Å²) < 4.78 is 27.5. The Morgan fingerprint density at radius 2 is 1.36 bits per heavy atom. The van der Waals surface area contributed by atoms with Gasteiger partial charge in [0.15, 0.2) is 0 Å². The molecule has 0 saturated carbocycles. The van der Waals surface area contributed by atoms with Gasteiger partial charge in [0.2, 0.25) is 5.91 Å². The number of anilines is 1. The number of carbonyl (C=O) groups excluding carboxylic acids is 1. The standard InChI is InChI=1S/C22H22N2O3S/c1-18(19-11-5-2-6-12-19)23-22(25)17-24(20-13-7-3-8-14-20)28(26,27)21-15-9-4-10-16-21/h2-16,18H,17H2,1H3,(H,23,25)/t18-/m0/s1. The fraction of sp³-hybridized carbons (Fsp3) is 0.136. The van der Waals surface area contributed by atoms with Crippen LogP contribution in [0.3, 0.4) is 0 Å². The molecule has 6 heteroatoms. The van der Waals surface area contributed by atoms with Crippen molar-refractivity contribution in [1.29, 1.82) is 0 Å². The van der Waals surface area contributed by atoms with Crippen LogP contribution in [0.1, 0.15) is 18.5 Å². The summed E-state index contributed by atoms with van der Waals surface area (Å²) in [5.41, 5.74) is 1.39. The summed E-state index contributed by atoms with van der Waals surface area (Å²) in [7, 11) is -3.88. The smallest absolute Gasteiger partial charge is 0.264 e. The van der Waals surface area contributed by atoms with Crippen LogP contribution in [-0.4, -0.2) is 20.9 Å². The van der Waals surface area contributed by atoms with Crippen molar-refractivity contribution in [1.82, 2.24) is 5.32 Å². The summed E-state index contributed by atoms with van der Waals surface area (Å²) in [6.45, 7) is 1.56. The van der Waals surface area contributed by atoms with Gasteiger partial charge in [0, 0.05) is 0 Å². The molecule has 144 valence electrons. The summed E-state index contributed by atoms with van der Waals surface area (Å²) in [5.74, 6) is -0.375. The predicted octanol–water partition coefficient (Wildman–Crippen LogP) is 3.76. The molecule has 0 radical (unpaired) electrons. The highest BCUT2D eigenvalue weighted by Crippen LogP contribution is 2.23. The first-order valence-corrected chi connectivity index (χ1v) is 10.4. The van der Waals surface area contributed by atoms with Crippen molar-refractivity contribution in [2.24, 2.45) is 0 Å². The van der Waals surface area contributed by atoms with Gasteiger partial charge in [-0.2, -0.15) is 0 Å². The highest BCUT2D eigenvalue weighted by molar-refractivity contribution is 7.92. The third-order valence-electron chi connectivity index (χ3n) is 4.34. The molecule has 0 aliphatic heterocycles. The lowest BCUT2D eigenvalue weighted by molar-refractivity contribution is -0.120. The van der Waals surface area contributed by atoms with Crippen molar-refractivity contribution in [2.75, 3.05) is 10.8 Å². The Balaban J connectivity index is 1.85. The van der Waals surface area contributed by atoms with E-state index in [1.807, 2.05) is 37.3 Å². The maximum Gasteiger partial charge on any atom is 0.264 e. The third kappa shape index (κ3) is 4.58. The lowest BCUT2D eigenvalue weighted by Gasteiger charge is -2.25. The Bertz CT molecular complexity index is 1010. The van der Waals surface area contributed by atoms with Crippen LogP contribution in [0, 0.1) is 0 Å². The zero-order valence-corrected chi connectivity index (χ0v) is 16.3. The average Bonchev–Trinajstić information content (AvgIpc) is 2.74. The van der Waals surface area contributed by atoms with Gasteiger partial charge in [-0.3, -0.25) is 9.10 Å². The summed E-state index contributed by atoms with van der Waals surface area (Å²) >= 11 is 0. The first-order chi connectivity index (χ1) is 13.5. The molecule has 3 aromatic carbocycles. The highest BCUT2D eigenvalue weighted by Gasteiger charge is 2.27. The van der Waals surface area contributed by atoms with E-state index in [2.05, 4.69) is 5.32 Å². The molecule has 1 N–H and O–H groups in total. The number of hydrogen-bond donors (Lipinski definition) is 1. The van der Waals surface area contributed by atoms with Crippen molar-refractivity contribution in [2.45, 2.75) is 17.9 Å². The molecular formula is C22H22N2O3S. The third-order valence-corrected chi connectivity index (χ3v) is 6.13. The van der Waals surface area contributed by atoms with Gasteiger partial charge in [0.25, 0.3) is 10.0 Å². The maximum atomic E-state index is 13.2. The van der Waals surface area contributed by atoms with Crippen LogP contribution >= 0.6 is 0 Å². The van der Waals surface area contributed by atoms with Crippen molar-refractivity contribution < 1.29 is 13.2 Å². The molecule has 0 aliphatic carbocycles. The van der Waals surface area contributed by atoms with E-state index in [9.17, 15) is 13.2 Å². The molecule has 0 fully saturated rings. The van der Waals surface area contributed by atoms with Crippen LogP contribution in [0.25, 0.3) is 0 Å². The number of sulfonamides is 1. The number of nitrogens with zero attached hydrogens (tertiary/aromatic N) is 1. The molecule has 0 unspecified atom stereocenters. The minimum Gasteiger partial charge on any atom is -0.348 e. The first-order valence-electron chi connectivity index (χ1n) is 8.95. The molecular weight excluding hydrogens is 372 g/mol. The SMILES string of the molecule is C[C@H](NC(=O)CN(c1ccccc1)S(=O)(=O)c1ccccc1)c1ccccc1. The van der Waals surface area contributed by atoms with E-state index < -0.39 is 10.0 Å². The van der Waals surface area contributed by atoms with Crippen molar-refractivity contribution in [3.63, 3.8) is 0 Å². The van der Waals surface area contributed by atoms with E-state index in [0.717, 1.165) is 9.87 Å². The van der Waals surface area contributed by atoms with E-state index in [-0.39, 0.29) is 23.4 Å². The molecule has 0 spiro atoms. The molecule has 1 atom stereocenters. The fourth-order valence-electron chi connectivity index (χ4n) is 2.87. The van der Waals surface area contributed by atoms with E-state index in [4.69, 9.17) is 0 Å². The number of nitrogens with one attached hydrogen (secondary N) is 1. The van der Waals surface area contributed by atoms with Gasteiger partial charge in [-0.05, 0) is 36.8 Å². The van der Waals surface area contributed by atoms with Crippen molar-refractivity contribution >= 4 is 21.6 Å². The van der Waals surface area contributed by atoms with Gasteiger partial charge in [-0.25, -0.2) is 8.42 Å². The van der Waals surface area contributed by atoms with Crippen LogP contribution in [0.5, 0.6) is 0 Å². The minimum absolute atomic E-state index is 0.141. The van der Waals surface area contributed by atoms with Crippen LogP contribution in [0.4, 0.5) is 5.69 Å². The summed E-state index contributed by atoms with van der Waals surface area (Å²) in [6, 6.07) is 26.1. The second-order valence-electron chi connectivity index (χ2n) is 6.36. The average molecular weight is 394 g/mol. The highest BCUT2D eigenvalue weighted by atomic mass is 32.2. The molecule has 0 aliphatic rings. The quantitative estimate of drug-likeness (QED) is 0.664. The Kier molecular flexibility index (Phi) is 6.11. The second-order valence-corrected chi connectivity index (χ2v) is 8.22. The number of hydrogen-bond acceptors (Lipinski definition) is 3. The lowest BCUT2D eigenvalue weighted by Crippen LogP contribution is -2.41. The van der Waals surface area contributed by atoms with Crippen molar-refractivity contribution in [3.8, 4) is 0 Å². The molecule has 0 aromatic heterocycles. The van der Waals surface area contributed by atoms with Gasteiger partial charge < -0.3 is 5.32 Å². The lowest BCUT2D eigenvalue weighted by atomic mass is 10.1. The summed E-state index contributed by atoms with van der Waals surface area (Å²) in [5, 5.41) is 2.87. The van der Waals surface area contributed by atoms with Crippen LogP contribution in [0.15, 0.2) is 95.9 Å². The number of amides is 1. The predicted molar refractivity (Wildman–Crippen MR) is 110 cm³/mol. The number of para-hydroxylation sites is 1. The maximum absolute atomic E-state index is 13.2. The molecule has 5 nitrogen and oxygen atoms in total. The number of carbonyl (C=O) groups is 1. The molecule has 0 heterocycles. The van der Waals surface area contributed by atoms with Crippen LogP contribution in [0.2, 0.25) is 0 Å². The normalized spacial score (nSPS) is 12.2. The molecule has 3 aromatic rings. The second kappa shape index (κ2) is 8.71. The van der Waals surface area contributed by atoms with Crippen LogP contribution in [-0.2, 0) is 14.8 Å². The van der Waals surface area contributed by atoms with E-state index in [1.54, 1.807) is 48.5 Å². The molecule has 3 rings (SSSR count).